The molecule has 1 aromatic heterocycles. The van der Waals surface area contributed by atoms with E-state index in [1.54, 1.807) is 6.92 Å². The zero-order valence-electron chi connectivity index (χ0n) is 14.0. The van der Waals surface area contributed by atoms with E-state index in [0.717, 1.165) is 35.6 Å². The second kappa shape index (κ2) is 6.17. The van der Waals surface area contributed by atoms with Crippen LogP contribution in [0.15, 0.2) is 47.7 Å². The summed E-state index contributed by atoms with van der Waals surface area (Å²) < 4.78 is 43.0. The number of pyridine rings is 1. The number of carbonyl (C=O) groups excluding carboxylic acids is 1. The van der Waals surface area contributed by atoms with Gasteiger partial charge in [0.15, 0.2) is 0 Å². The van der Waals surface area contributed by atoms with Gasteiger partial charge in [-0.3, -0.25) is 9.78 Å². The number of allylic oxidation sites excluding steroid dienone is 5. The van der Waals surface area contributed by atoms with Crippen molar-refractivity contribution in [2.75, 3.05) is 7.11 Å². The monoisotopic (exact) mass is 349 g/mol. The van der Waals surface area contributed by atoms with Crippen molar-refractivity contribution >= 4 is 11.5 Å². The van der Waals surface area contributed by atoms with Crippen LogP contribution in [0, 0.1) is 5.41 Å². The molecule has 3 nitrogen and oxygen atoms in total. The molecule has 0 amide bonds. The number of esters is 1. The van der Waals surface area contributed by atoms with Crippen molar-refractivity contribution in [3.8, 4) is 0 Å². The average Bonchev–Trinajstić information content (AvgIpc) is 2.59. The number of alkyl halides is 3. The van der Waals surface area contributed by atoms with Gasteiger partial charge in [0.05, 0.1) is 12.5 Å². The zero-order valence-corrected chi connectivity index (χ0v) is 14.0. The molecule has 0 aliphatic heterocycles. The van der Waals surface area contributed by atoms with Crippen molar-refractivity contribution in [2.24, 2.45) is 5.41 Å². The molecule has 3 rings (SSSR count). The molecule has 132 valence electrons. The number of halogens is 3. The van der Waals surface area contributed by atoms with Crippen LogP contribution in [0.25, 0.3) is 5.57 Å². The molecule has 0 saturated heterocycles. The van der Waals surface area contributed by atoms with Crippen molar-refractivity contribution in [3.05, 3.63) is 59.0 Å². The van der Waals surface area contributed by atoms with Gasteiger partial charge in [0.1, 0.15) is 5.69 Å². The average molecular weight is 349 g/mol. The predicted molar refractivity (Wildman–Crippen MR) is 87.4 cm³/mol. The summed E-state index contributed by atoms with van der Waals surface area (Å²) in [5.41, 5.74) is 1.88. The Bertz CT molecular complexity index is 788. The van der Waals surface area contributed by atoms with Crippen LogP contribution in [0.2, 0.25) is 0 Å². The van der Waals surface area contributed by atoms with Gasteiger partial charge in [-0.05, 0) is 54.5 Å². The zero-order chi connectivity index (χ0) is 18.2. The molecule has 25 heavy (non-hydrogen) atoms. The highest BCUT2D eigenvalue weighted by atomic mass is 19.4. The summed E-state index contributed by atoms with van der Waals surface area (Å²) in [6.07, 6.45) is 4.68. The largest absolute Gasteiger partial charge is 0.468 e. The van der Waals surface area contributed by atoms with Gasteiger partial charge in [-0.2, -0.15) is 13.2 Å². The second-order valence-electron chi connectivity index (χ2n) is 6.51. The number of hydrogen-bond donors (Lipinski definition) is 0. The fourth-order valence-electron chi connectivity index (χ4n) is 3.31. The van der Waals surface area contributed by atoms with Crippen LogP contribution >= 0.6 is 0 Å². The summed E-state index contributed by atoms with van der Waals surface area (Å²) in [6, 6.07) is 2.43. The Kier molecular flexibility index (Phi) is 4.31. The normalized spacial score (nSPS) is 23.2. The topological polar surface area (TPSA) is 39.2 Å². The van der Waals surface area contributed by atoms with Crippen molar-refractivity contribution < 1.29 is 22.7 Å². The van der Waals surface area contributed by atoms with Crippen LogP contribution in [-0.4, -0.2) is 18.1 Å². The molecule has 1 aromatic rings. The second-order valence-corrected chi connectivity index (χ2v) is 6.51. The molecule has 1 unspecified atom stereocenters. The lowest BCUT2D eigenvalue weighted by Crippen LogP contribution is -2.30. The quantitative estimate of drug-likeness (QED) is 0.726. The molecule has 0 saturated carbocycles. The lowest BCUT2D eigenvalue weighted by molar-refractivity contribution is -0.149. The van der Waals surface area contributed by atoms with Crippen molar-refractivity contribution in [3.63, 3.8) is 0 Å². The summed E-state index contributed by atoms with van der Waals surface area (Å²) in [7, 11) is 1.35. The van der Waals surface area contributed by atoms with Crippen LogP contribution in [-0.2, 0) is 15.7 Å². The van der Waals surface area contributed by atoms with E-state index in [1.807, 2.05) is 18.2 Å². The van der Waals surface area contributed by atoms with Gasteiger partial charge in [0.2, 0.25) is 0 Å². The van der Waals surface area contributed by atoms with Crippen LogP contribution in [0.1, 0.15) is 37.4 Å². The Morgan fingerprint density at radius 2 is 2.08 bits per heavy atom. The van der Waals surface area contributed by atoms with E-state index in [-0.39, 0.29) is 5.97 Å². The van der Waals surface area contributed by atoms with Crippen molar-refractivity contribution in [2.45, 2.75) is 32.4 Å². The SMILES string of the molecule is COC(=O)C1(C)C=CC2=C(C1)C(c1ccc(C(F)(F)F)nc1)=CCC2. The number of carbonyl (C=O) groups is 1. The maximum Gasteiger partial charge on any atom is 0.433 e. The van der Waals surface area contributed by atoms with E-state index in [0.29, 0.717) is 12.0 Å². The Balaban J connectivity index is 1.95. The van der Waals surface area contributed by atoms with Crippen LogP contribution < -0.4 is 0 Å². The van der Waals surface area contributed by atoms with E-state index < -0.39 is 17.3 Å². The molecular weight excluding hydrogens is 331 g/mol. The van der Waals surface area contributed by atoms with Crippen LogP contribution in [0.4, 0.5) is 13.2 Å². The molecule has 0 aromatic carbocycles. The molecule has 0 N–H and O–H groups in total. The number of rotatable bonds is 2. The fourth-order valence-corrected chi connectivity index (χ4v) is 3.31. The number of aromatic nitrogens is 1. The molecular formula is C19H18F3NO2. The molecule has 1 heterocycles. The minimum absolute atomic E-state index is 0.328. The molecule has 0 bridgehead atoms. The highest BCUT2D eigenvalue weighted by molar-refractivity contribution is 5.86. The lowest BCUT2D eigenvalue weighted by Gasteiger charge is -2.32. The van der Waals surface area contributed by atoms with Gasteiger partial charge in [0.25, 0.3) is 0 Å². The first-order chi connectivity index (χ1) is 11.7. The maximum absolute atomic E-state index is 12.7. The highest BCUT2D eigenvalue weighted by Gasteiger charge is 2.37. The summed E-state index contributed by atoms with van der Waals surface area (Å²) in [5.74, 6) is -0.328. The van der Waals surface area contributed by atoms with E-state index >= 15 is 0 Å². The van der Waals surface area contributed by atoms with Crippen molar-refractivity contribution in [1.29, 1.82) is 0 Å². The standard InChI is InChI=1S/C19H18F3NO2/c1-18(17(24)25-2)9-8-12-4-3-5-14(15(12)10-18)13-6-7-16(23-11-13)19(20,21)22/h5-9,11H,3-4,10H2,1-2H3. The molecule has 0 radical (unpaired) electrons. The smallest absolute Gasteiger partial charge is 0.433 e. The van der Waals surface area contributed by atoms with Crippen LogP contribution in [0.5, 0.6) is 0 Å². The summed E-state index contributed by atoms with van der Waals surface area (Å²) in [5, 5.41) is 0. The Labute approximate surface area is 143 Å². The van der Waals surface area contributed by atoms with Gasteiger partial charge in [-0.15, -0.1) is 0 Å². The fraction of sp³-hybridized carbons (Fsp3) is 0.368. The number of nitrogens with zero attached hydrogens (tertiary/aromatic N) is 1. The third-order valence-electron chi connectivity index (χ3n) is 4.69. The van der Waals surface area contributed by atoms with Gasteiger partial charge in [-0.25, -0.2) is 0 Å². The van der Waals surface area contributed by atoms with Crippen LogP contribution in [0.3, 0.4) is 0 Å². The van der Waals surface area contributed by atoms with Gasteiger partial charge in [0, 0.05) is 6.20 Å². The van der Waals surface area contributed by atoms with E-state index in [9.17, 15) is 18.0 Å². The first-order valence-corrected chi connectivity index (χ1v) is 7.98. The molecule has 0 fully saturated rings. The Morgan fingerprint density at radius 1 is 1.32 bits per heavy atom. The van der Waals surface area contributed by atoms with Gasteiger partial charge >= 0.3 is 12.1 Å². The predicted octanol–water partition coefficient (Wildman–Crippen LogP) is 4.71. The van der Waals surface area contributed by atoms with E-state index in [2.05, 4.69) is 4.98 Å². The molecule has 1 atom stereocenters. The first-order valence-electron chi connectivity index (χ1n) is 7.98. The number of hydrogen-bond acceptors (Lipinski definition) is 3. The number of methoxy groups -OCH3 is 1. The van der Waals surface area contributed by atoms with Gasteiger partial charge < -0.3 is 4.74 Å². The van der Waals surface area contributed by atoms with E-state index in [1.165, 1.54) is 19.4 Å². The van der Waals surface area contributed by atoms with E-state index in [4.69, 9.17) is 4.74 Å². The Hall–Kier alpha value is -2.37. The molecule has 0 spiro atoms. The molecule has 2 aliphatic carbocycles. The maximum atomic E-state index is 12.7. The highest BCUT2D eigenvalue weighted by Crippen LogP contribution is 2.44. The van der Waals surface area contributed by atoms with Crippen molar-refractivity contribution in [1.82, 2.24) is 4.98 Å². The van der Waals surface area contributed by atoms with Gasteiger partial charge in [-0.1, -0.05) is 24.3 Å². The summed E-state index contributed by atoms with van der Waals surface area (Å²) in [6.45, 7) is 1.80. The molecule has 2 aliphatic rings. The Morgan fingerprint density at radius 3 is 2.68 bits per heavy atom. The summed E-state index contributed by atoms with van der Waals surface area (Å²) in [4.78, 5) is 15.7. The third-order valence-corrected chi connectivity index (χ3v) is 4.69. The third kappa shape index (κ3) is 3.25. The summed E-state index contributed by atoms with van der Waals surface area (Å²) >= 11 is 0. The number of ether oxygens (including phenoxy) is 1. The minimum atomic E-state index is -4.46. The minimum Gasteiger partial charge on any atom is -0.468 e. The molecule has 6 heteroatoms. The first kappa shape index (κ1) is 17.5. The lowest BCUT2D eigenvalue weighted by atomic mass is 9.72.